The van der Waals surface area contributed by atoms with Crippen molar-refractivity contribution < 1.29 is 6.22 Å². The molecule has 1 heterocycles. The molecule has 0 unspecified atom stereocenters. The maximum atomic E-state index is 11.2. The van der Waals surface area contributed by atoms with Gasteiger partial charge in [-0.3, -0.25) is 4.79 Å². The van der Waals surface area contributed by atoms with Crippen molar-refractivity contribution in [1.29, 1.82) is 0 Å². The van der Waals surface area contributed by atoms with Crippen molar-refractivity contribution in [3.8, 4) is 0 Å². The van der Waals surface area contributed by atoms with Crippen LogP contribution in [0.25, 0.3) is 0 Å². The first-order valence-electron chi connectivity index (χ1n) is 4.74. The fraction of sp³-hybridized carbons (Fsp3) is 0.889. The summed E-state index contributed by atoms with van der Waals surface area (Å²) in [6.07, 6.45) is 0.961. The Morgan fingerprint density at radius 3 is 2.58 bits per heavy atom. The summed E-state index contributed by atoms with van der Waals surface area (Å²) in [4.78, 5) is 12.9. The van der Waals surface area contributed by atoms with Gasteiger partial charge in [-0.2, -0.15) is 0 Å². The van der Waals surface area contributed by atoms with E-state index in [1.807, 2.05) is 27.8 Å². The summed E-state index contributed by atoms with van der Waals surface area (Å²) in [6.45, 7) is 7.80. The Bertz CT molecular complexity index is 140. The second-order valence-corrected chi connectivity index (χ2v) is 2.66. The number of carbonyl (C=O) groups excluding carboxylic acids is 1. The van der Waals surface area contributed by atoms with Gasteiger partial charge in [-0.1, -0.05) is 20.8 Å². The van der Waals surface area contributed by atoms with Crippen molar-refractivity contribution in [3.63, 3.8) is 0 Å². The van der Waals surface area contributed by atoms with Crippen LogP contribution in [0, 0.1) is 0 Å². The number of hydrogen-bond donors (Lipinski definition) is 1. The maximum absolute atomic E-state index is 11.2. The topological polar surface area (TPSA) is 32.3 Å². The minimum absolute atomic E-state index is 0. The third-order valence-corrected chi connectivity index (χ3v) is 1.88. The third kappa shape index (κ3) is 2.81. The molecule has 0 aromatic heterocycles. The van der Waals surface area contributed by atoms with Gasteiger partial charge in [0.05, 0.1) is 6.04 Å². The van der Waals surface area contributed by atoms with E-state index in [9.17, 15) is 4.79 Å². The highest BCUT2D eigenvalue weighted by Gasteiger charge is 2.27. The van der Waals surface area contributed by atoms with E-state index in [1.54, 1.807) is 4.90 Å². The van der Waals surface area contributed by atoms with Crippen LogP contribution < -0.4 is 5.32 Å². The zero-order valence-corrected chi connectivity index (χ0v) is 8.55. The predicted molar refractivity (Wildman–Crippen MR) is 53.2 cm³/mol. The lowest BCUT2D eigenvalue weighted by molar-refractivity contribution is -0.128. The molecule has 74 valence electrons. The Morgan fingerprint density at radius 1 is 1.67 bits per heavy atom. The molecule has 0 aromatic rings. The lowest BCUT2D eigenvalue weighted by atomic mass is 10.2. The lowest BCUT2D eigenvalue weighted by Gasteiger charge is -2.09. The smallest absolute Gasteiger partial charge is 0.239 e. The number of rotatable bonds is 2. The Kier molecular flexibility index (Phi) is 5.72. The minimum atomic E-state index is 0. The fourth-order valence-electron chi connectivity index (χ4n) is 1.26. The first-order valence-corrected chi connectivity index (χ1v) is 4.74. The van der Waals surface area contributed by atoms with Crippen molar-refractivity contribution in [2.75, 3.05) is 20.1 Å². The molecule has 1 aliphatic heterocycles. The molecule has 0 bridgehead atoms. The van der Waals surface area contributed by atoms with Crippen LogP contribution >= 0.6 is 0 Å². The molecule has 1 atom stereocenters. The van der Waals surface area contributed by atoms with E-state index >= 15 is 0 Å². The second kappa shape index (κ2) is 6.00. The van der Waals surface area contributed by atoms with Crippen LogP contribution in [0.15, 0.2) is 0 Å². The number of nitrogens with one attached hydrogen (secondary N) is 1. The molecule has 12 heavy (non-hydrogen) atoms. The number of carbonyl (C=O) groups is 1. The van der Waals surface area contributed by atoms with Crippen LogP contribution in [0.4, 0.5) is 0 Å². The van der Waals surface area contributed by atoms with Crippen molar-refractivity contribution in [2.45, 2.75) is 33.2 Å². The Hall–Kier alpha value is -0.570. The zero-order valence-electron chi connectivity index (χ0n) is 8.55. The highest BCUT2D eigenvalue weighted by atomic mass is 16.2. The molecule has 0 spiro atoms. The van der Waals surface area contributed by atoms with Gasteiger partial charge in [0.1, 0.15) is 0 Å². The molecular formula is C9H22N2O. The predicted octanol–water partition coefficient (Wildman–Crippen LogP) is 1.10. The van der Waals surface area contributed by atoms with Gasteiger partial charge >= 0.3 is 0 Å². The third-order valence-electron chi connectivity index (χ3n) is 1.88. The molecule has 1 saturated heterocycles. The van der Waals surface area contributed by atoms with Crippen LogP contribution in [-0.4, -0.2) is 37.0 Å². The van der Waals surface area contributed by atoms with Crippen molar-refractivity contribution in [1.82, 2.24) is 10.2 Å². The summed E-state index contributed by atoms with van der Waals surface area (Å²) >= 11 is 0. The molecule has 0 radical (unpaired) electrons. The number of amides is 1. The maximum Gasteiger partial charge on any atom is 0.239 e. The molecule has 1 fully saturated rings. The molecule has 0 aromatic carbocycles. The Morgan fingerprint density at radius 2 is 2.25 bits per heavy atom. The summed E-state index contributed by atoms with van der Waals surface area (Å²) in [5.41, 5.74) is 0. The van der Waals surface area contributed by atoms with Gasteiger partial charge in [-0.05, 0) is 13.0 Å². The number of likely N-dealkylation sites (N-methyl/N-ethyl adjacent to an activating group) is 2. The average Bonchev–Trinajstić information content (AvgIpc) is 2.41. The monoisotopic (exact) mass is 174 g/mol. The summed E-state index contributed by atoms with van der Waals surface area (Å²) < 4.78 is 0. The standard InChI is InChI=1S/C7H14N2O.C2H6.H2/c1-3-8-6-4-5-9(2)7(6)10;1-2;/h6,8H,3-5H2,1-2H3;1-2H3;1H/t6-;;/m1../s1. The highest BCUT2D eigenvalue weighted by Crippen LogP contribution is 2.07. The van der Waals surface area contributed by atoms with Gasteiger partial charge in [-0.15, -0.1) is 0 Å². The van der Waals surface area contributed by atoms with E-state index in [-0.39, 0.29) is 13.4 Å². The zero-order chi connectivity index (χ0) is 9.56. The van der Waals surface area contributed by atoms with Gasteiger partial charge in [-0.25, -0.2) is 0 Å². The molecule has 1 amide bonds. The molecule has 1 aliphatic rings. The van der Waals surface area contributed by atoms with Crippen LogP contribution in [0.1, 0.15) is 28.6 Å². The number of likely N-dealkylation sites (tertiary alicyclic amines) is 1. The van der Waals surface area contributed by atoms with Gasteiger partial charge in [0.15, 0.2) is 0 Å². The molecular weight excluding hydrogens is 152 g/mol. The molecule has 1 rings (SSSR count). The molecule has 0 aliphatic carbocycles. The van der Waals surface area contributed by atoms with Crippen LogP contribution in [0.5, 0.6) is 0 Å². The van der Waals surface area contributed by atoms with Crippen LogP contribution in [0.3, 0.4) is 0 Å². The van der Waals surface area contributed by atoms with Gasteiger partial charge in [0.25, 0.3) is 0 Å². The van der Waals surface area contributed by atoms with E-state index in [1.165, 1.54) is 0 Å². The molecule has 3 heteroatoms. The SMILES string of the molecule is CC.CCN[C@@H]1CCN(C)C1=O.[HH]. The minimum Gasteiger partial charge on any atom is -0.344 e. The van der Waals surface area contributed by atoms with Crippen LogP contribution in [-0.2, 0) is 4.79 Å². The summed E-state index contributed by atoms with van der Waals surface area (Å²) in [5, 5.41) is 3.13. The number of hydrogen-bond acceptors (Lipinski definition) is 2. The van der Waals surface area contributed by atoms with Crippen molar-refractivity contribution in [2.24, 2.45) is 0 Å². The van der Waals surface area contributed by atoms with E-state index in [4.69, 9.17) is 0 Å². The van der Waals surface area contributed by atoms with E-state index < -0.39 is 0 Å². The fourth-order valence-corrected chi connectivity index (χ4v) is 1.26. The largest absolute Gasteiger partial charge is 0.344 e. The van der Waals surface area contributed by atoms with E-state index in [0.29, 0.717) is 0 Å². The summed E-state index contributed by atoms with van der Waals surface area (Å²) in [7, 11) is 1.85. The van der Waals surface area contributed by atoms with Crippen molar-refractivity contribution in [3.05, 3.63) is 0 Å². The van der Waals surface area contributed by atoms with Gasteiger partial charge in [0, 0.05) is 15.0 Å². The molecule has 3 nitrogen and oxygen atoms in total. The van der Waals surface area contributed by atoms with Gasteiger partial charge in [0.2, 0.25) is 5.91 Å². The Balaban J connectivity index is 0. The van der Waals surface area contributed by atoms with E-state index in [2.05, 4.69) is 5.32 Å². The Labute approximate surface area is 76.6 Å². The first kappa shape index (κ1) is 11.4. The van der Waals surface area contributed by atoms with Crippen molar-refractivity contribution >= 4 is 5.91 Å². The summed E-state index contributed by atoms with van der Waals surface area (Å²) in [6, 6.07) is 0.0926. The number of nitrogens with zero attached hydrogens (tertiary/aromatic N) is 1. The normalized spacial score (nSPS) is 22.2. The van der Waals surface area contributed by atoms with Gasteiger partial charge < -0.3 is 10.2 Å². The molecule has 1 N–H and O–H groups in total. The van der Waals surface area contributed by atoms with E-state index in [0.717, 1.165) is 19.5 Å². The summed E-state index contributed by atoms with van der Waals surface area (Å²) in [5.74, 6) is 0.238. The average molecular weight is 174 g/mol. The quantitative estimate of drug-likeness (QED) is 0.680. The lowest BCUT2D eigenvalue weighted by Crippen LogP contribution is -2.36. The highest BCUT2D eigenvalue weighted by molar-refractivity contribution is 5.83. The van der Waals surface area contributed by atoms with Crippen LogP contribution in [0.2, 0.25) is 0 Å². The second-order valence-electron chi connectivity index (χ2n) is 2.66. The first-order chi connectivity index (χ1) is 5.75. The molecule has 0 saturated carbocycles.